The van der Waals surface area contributed by atoms with E-state index in [0.717, 1.165) is 0 Å². The van der Waals surface area contributed by atoms with Crippen LogP contribution in [0.25, 0.3) is 0 Å². The van der Waals surface area contributed by atoms with Gasteiger partial charge in [-0.2, -0.15) is 0 Å². The number of fused-ring (bicyclic) bond motifs is 1. The number of carbonyl (C=O) groups is 3. The first-order chi connectivity index (χ1) is 12.5. The van der Waals surface area contributed by atoms with E-state index in [0.29, 0.717) is 34.1 Å². The Morgan fingerprint density at radius 2 is 1.92 bits per heavy atom. The number of halogens is 2. The fourth-order valence-corrected chi connectivity index (χ4v) is 3.66. The fraction of sp³-hybridized carbons (Fsp3) is 0.222. The van der Waals surface area contributed by atoms with Crippen molar-refractivity contribution in [3.63, 3.8) is 0 Å². The molecule has 0 aliphatic carbocycles. The molecule has 2 aromatic rings. The smallest absolute Gasteiger partial charge is 0.280 e. The van der Waals surface area contributed by atoms with E-state index < -0.39 is 5.91 Å². The molecule has 1 unspecified atom stereocenters. The Kier molecular flexibility index (Phi) is 4.17. The maximum Gasteiger partial charge on any atom is 0.280 e. The standard InChI is InChI=1S/C18H13Cl2N3O3/c19-13-4-3-10(8-14(13)20)16(24)22-7-5-11(9-22)23-17(25)12-2-1-6-21-15(12)18(23)26/h1-4,6,8,11H,5,7,9H2. The molecule has 4 rings (SSSR count). The second-order valence-corrected chi connectivity index (χ2v) is 7.02. The van der Waals surface area contributed by atoms with E-state index in [4.69, 9.17) is 23.2 Å². The number of amides is 3. The van der Waals surface area contributed by atoms with Crippen LogP contribution in [0.1, 0.15) is 37.6 Å². The minimum Gasteiger partial charge on any atom is -0.336 e. The van der Waals surface area contributed by atoms with Gasteiger partial charge in [-0.15, -0.1) is 0 Å². The first-order valence-corrected chi connectivity index (χ1v) is 8.80. The Morgan fingerprint density at radius 3 is 2.65 bits per heavy atom. The number of benzene rings is 1. The monoisotopic (exact) mass is 389 g/mol. The lowest BCUT2D eigenvalue weighted by Crippen LogP contribution is -2.42. The van der Waals surface area contributed by atoms with Gasteiger partial charge in [0.05, 0.1) is 21.7 Å². The van der Waals surface area contributed by atoms with E-state index in [-0.39, 0.29) is 30.1 Å². The Bertz CT molecular complexity index is 912. The summed E-state index contributed by atoms with van der Waals surface area (Å²) in [5, 5.41) is 0.681. The highest BCUT2D eigenvalue weighted by molar-refractivity contribution is 6.42. The molecule has 132 valence electrons. The molecule has 8 heteroatoms. The van der Waals surface area contributed by atoms with Gasteiger partial charge in [0.2, 0.25) is 0 Å². The molecule has 1 fully saturated rings. The largest absolute Gasteiger partial charge is 0.336 e. The van der Waals surface area contributed by atoms with E-state index in [1.807, 2.05) is 0 Å². The van der Waals surface area contributed by atoms with E-state index in [9.17, 15) is 14.4 Å². The van der Waals surface area contributed by atoms with Crippen molar-refractivity contribution in [2.75, 3.05) is 13.1 Å². The molecule has 1 saturated heterocycles. The van der Waals surface area contributed by atoms with Gasteiger partial charge < -0.3 is 4.90 Å². The van der Waals surface area contributed by atoms with E-state index in [1.165, 1.54) is 17.2 Å². The average Bonchev–Trinajstić information content (AvgIpc) is 3.21. The second-order valence-electron chi connectivity index (χ2n) is 6.20. The van der Waals surface area contributed by atoms with Crippen molar-refractivity contribution in [3.8, 4) is 0 Å². The maximum absolute atomic E-state index is 12.7. The first-order valence-electron chi connectivity index (χ1n) is 8.04. The number of imide groups is 1. The van der Waals surface area contributed by atoms with Gasteiger partial charge in [0.25, 0.3) is 17.7 Å². The number of pyridine rings is 1. The predicted octanol–water partition coefficient (Wildman–Crippen LogP) is 2.90. The normalized spacial score (nSPS) is 19.2. The minimum absolute atomic E-state index is 0.173. The lowest BCUT2D eigenvalue weighted by Gasteiger charge is -2.22. The summed E-state index contributed by atoms with van der Waals surface area (Å²) in [4.78, 5) is 44.6. The lowest BCUT2D eigenvalue weighted by molar-refractivity contribution is 0.0573. The van der Waals surface area contributed by atoms with Crippen LogP contribution < -0.4 is 0 Å². The molecular formula is C18H13Cl2N3O3. The maximum atomic E-state index is 12.7. The Balaban J connectivity index is 1.52. The summed E-state index contributed by atoms with van der Waals surface area (Å²) in [6, 6.07) is 7.55. The van der Waals surface area contributed by atoms with Crippen LogP contribution in [-0.2, 0) is 0 Å². The van der Waals surface area contributed by atoms with Gasteiger partial charge in [-0.1, -0.05) is 23.2 Å². The lowest BCUT2D eigenvalue weighted by atomic mass is 10.2. The third-order valence-electron chi connectivity index (χ3n) is 4.66. The van der Waals surface area contributed by atoms with Crippen LogP contribution in [-0.4, -0.2) is 51.6 Å². The molecule has 0 N–H and O–H groups in total. The van der Waals surface area contributed by atoms with Gasteiger partial charge in [0, 0.05) is 24.8 Å². The summed E-state index contributed by atoms with van der Waals surface area (Å²) in [6.45, 7) is 0.731. The van der Waals surface area contributed by atoms with E-state index >= 15 is 0 Å². The Labute approximate surface area is 159 Å². The third kappa shape index (κ3) is 2.66. The van der Waals surface area contributed by atoms with Crippen LogP contribution in [0.5, 0.6) is 0 Å². The summed E-state index contributed by atoms with van der Waals surface area (Å²) >= 11 is 11.9. The molecule has 0 radical (unpaired) electrons. The van der Waals surface area contributed by atoms with E-state index in [2.05, 4.69) is 4.98 Å². The second kappa shape index (κ2) is 6.37. The highest BCUT2D eigenvalue weighted by atomic mass is 35.5. The number of carbonyl (C=O) groups excluding carboxylic acids is 3. The molecule has 0 bridgehead atoms. The van der Waals surface area contributed by atoms with Crippen molar-refractivity contribution in [2.24, 2.45) is 0 Å². The van der Waals surface area contributed by atoms with Crippen molar-refractivity contribution in [1.82, 2.24) is 14.8 Å². The molecule has 1 aromatic heterocycles. The van der Waals surface area contributed by atoms with Gasteiger partial charge in [-0.3, -0.25) is 24.3 Å². The minimum atomic E-state index is -0.403. The van der Waals surface area contributed by atoms with Gasteiger partial charge in [-0.05, 0) is 36.8 Å². The number of rotatable bonds is 2. The summed E-state index contributed by atoms with van der Waals surface area (Å²) in [5.41, 5.74) is 0.905. The zero-order valence-electron chi connectivity index (χ0n) is 13.5. The molecule has 26 heavy (non-hydrogen) atoms. The van der Waals surface area contributed by atoms with Gasteiger partial charge in [-0.25, -0.2) is 0 Å². The number of nitrogens with zero attached hydrogens (tertiary/aromatic N) is 3. The number of likely N-dealkylation sites (tertiary alicyclic amines) is 1. The fourth-order valence-electron chi connectivity index (χ4n) is 3.36. The molecule has 1 atom stereocenters. The highest BCUT2D eigenvalue weighted by Crippen LogP contribution is 2.28. The van der Waals surface area contributed by atoms with E-state index in [1.54, 1.807) is 29.2 Å². The molecule has 0 saturated carbocycles. The Morgan fingerprint density at radius 1 is 1.12 bits per heavy atom. The summed E-state index contributed by atoms with van der Waals surface area (Å²) in [7, 11) is 0. The van der Waals surface area contributed by atoms with Crippen LogP contribution in [0.3, 0.4) is 0 Å². The molecule has 3 heterocycles. The molecule has 2 aliphatic rings. The number of hydrogen-bond acceptors (Lipinski definition) is 4. The Hall–Kier alpha value is -2.44. The van der Waals surface area contributed by atoms with Crippen LogP contribution in [0.15, 0.2) is 36.5 Å². The van der Waals surface area contributed by atoms with Crippen LogP contribution >= 0.6 is 23.2 Å². The molecule has 2 aliphatic heterocycles. The van der Waals surface area contributed by atoms with Crippen molar-refractivity contribution >= 4 is 40.9 Å². The van der Waals surface area contributed by atoms with Gasteiger partial charge >= 0.3 is 0 Å². The number of aromatic nitrogens is 1. The SMILES string of the molecule is O=C(c1ccc(Cl)c(Cl)c1)N1CCC(N2C(=O)c3cccnc3C2=O)C1. The highest BCUT2D eigenvalue weighted by Gasteiger charge is 2.43. The van der Waals surface area contributed by atoms with Crippen LogP contribution in [0.4, 0.5) is 0 Å². The first kappa shape index (κ1) is 17.0. The van der Waals surface area contributed by atoms with Crippen molar-refractivity contribution < 1.29 is 14.4 Å². The van der Waals surface area contributed by atoms with Crippen molar-refractivity contribution in [2.45, 2.75) is 12.5 Å². The van der Waals surface area contributed by atoms with Crippen LogP contribution in [0.2, 0.25) is 10.0 Å². The molecule has 0 spiro atoms. The zero-order valence-corrected chi connectivity index (χ0v) is 15.0. The summed E-state index contributed by atoms with van der Waals surface area (Å²) < 4.78 is 0. The summed E-state index contributed by atoms with van der Waals surface area (Å²) in [6.07, 6.45) is 2.01. The topological polar surface area (TPSA) is 70.6 Å². The molecular weight excluding hydrogens is 377 g/mol. The third-order valence-corrected chi connectivity index (χ3v) is 5.40. The quantitative estimate of drug-likeness (QED) is 0.740. The predicted molar refractivity (Wildman–Crippen MR) is 95.5 cm³/mol. The van der Waals surface area contributed by atoms with Crippen molar-refractivity contribution in [3.05, 3.63) is 63.4 Å². The molecule has 6 nitrogen and oxygen atoms in total. The van der Waals surface area contributed by atoms with Crippen LogP contribution in [0, 0.1) is 0 Å². The number of hydrogen-bond donors (Lipinski definition) is 0. The zero-order chi connectivity index (χ0) is 18.4. The van der Waals surface area contributed by atoms with Gasteiger partial charge in [0.1, 0.15) is 5.69 Å². The molecule has 1 aromatic carbocycles. The van der Waals surface area contributed by atoms with Crippen molar-refractivity contribution in [1.29, 1.82) is 0 Å². The summed E-state index contributed by atoms with van der Waals surface area (Å²) in [5.74, 6) is -0.966. The molecule has 3 amide bonds. The average molecular weight is 390 g/mol. The van der Waals surface area contributed by atoms with Gasteiger partial charge in [0.15, 0.2) is 0 Å².